The zero-order valence-corrected chi connectivity index (χ0v) is 13.1. The standard InChI is InChI=1S/C17H20F2N4/c1-23(2)15(16-13(18)9-6-10-14(16)19)11-21-17(20)22-12-7-4-3-5-8-12/h3-10,15H,11H2,1-2H3,(H3,20,21,22). The minimum absolute atomic E-state index is 0.00578. The molecule has 0 amide bonds. The first-order valence-corrected chi connectivity index (χ1v) is 7.21. The number of likely N-dealkylation sites (N-methyl/N-ethyl adjacent to an activating group) is 1. The number of para-hydroxylation sites is 1. The Morgan fingerprint density at radius 3 is 2.26 bits per heavy atom. The Morgan fingerprint density at radius 2 is 1.70 bits per heavy atom. The summed E-state index contributed by atoms with van der Waals surface area (Å²) in [5.41, 5.74) is 6.63. The molecule has 2 aromatic rings. The van der Waals surface area contributed by atoms with Gasteiger partial charge in [0.2, 0.25) is 0 Å². The number of hydrogen-bond acceptors (Lipinski definition) is 2. The van der Waals surface area contributed by atoms with E-state index in [1.54, 1.807) is 19.0 Å². The lowest BCUT2D eigenvalue weighted by molar-refractivity contribution is 0.290. The number of nitrogens with one attached hydrogen (secondary N) is 1. The van der Waals surface area contributed by atoms with Crippen LogP contribution in [0.1, 0.15) is 11.6 Å². The maximum absolute atomic E-state index is 14.0. The fourth-order valence-electron chi connectivity index (χ4n) is 2.24. The summed E-state index contributed by atoms with van der Waals surface area (Å²) in [6.07, 6.45) is 0. The molecule has 4 nitrogen and oxygen atoms in total. The topological polar surface area (TPSA) is 53.6 Å². The van der Waals surface area contributed by atoms with Crippen molar-refractivity contribution in [3.63, 3.8) is 0 Å². The van der Waals surface area contributed by atoms with Crippen LogP contribution in [-0.4, -0.2) is 31.5 Å². The van der Waals surface area contributed by atoms with E-state index in [4.69, 9.17) is 5.73 Å². The first kappa shape index (κ1) is 16.9. The van der Waals surface area contributed by atoms with Gasteiger partial charge >= 0.3 is 0 Å². The van der Waals surface area contributed by atoms with Gasteiger partial charge in [0.15, 0.2) is 5.96 Å². The van der Waals surface area contributed by atoms with Crippen molar-refractivity contribution in [2.24, 2.45) is 10.7 Å². The highest BCUT2D eigenvalue weighted by Gasteiger charge is 2.21. The number of halogens is 2. The highest BCUT2D eigenvalue weighted by Crippen LogP contribution is 2.24. The lowest BCUT2D eigenvalue weighted by atomic mass is 10.0. The van der Waals surface area contributed by atoms with Crippen molar-refractivity contribution >= 4 is 11.6 Å². The SMILES string of the molecule is CN(C)C(CN=C(N)Nc1ccccc1)c1c(F)cccc1F. The maximum atomic E-state index is 14.0. The molecule has 0 aliphatic carbocycles. The van der Waals surface area contributed by atoms with Crippen LogP contribution in [0.4, 0.5) is 14.5 Å². The molecule has 1 atom stereocenters. The number of rotatable bonds is 5. The predicted octanol–water partition coefficient (Wildman–Crippen LogP) is 2.99. The van der Waals surface area contributed by atoms with Crippen LogP contribution in [0.5, 0.6) is 0 Å². The molecule has 0 aromatic heterocycles. The molecule has 3 N–H and O–H groups in total. The van der Waals surface area contributed by atoms with Crippen LogP contribution >= 0.6 is 0 Å². The third-order valence-electron chi connectivity index (χ3n) is 3.44. The summed E-state index contributed by atoms with van der Waals surface area (Å²) in [5, 5.41) is 2.94. The summed E-state index contributed by atoms with van der Waals surface area (Å²) in [6, 6.07) is 12.6. The van der Waals surface area contributed by atoms with Crippen LogP contribution in [0.25, 0.3) is 0 Å². The van der Waals surface area contributed by atoms with Gasteiger partial charge in [0, 0.05) is 11.3 Å². The fraction of sp³-hybridized carbons (Fsp3) is 0.235. The first-order chi connectivity index (χ1) is 11.0. The van der Waals surface area contributed by atoms with Gasteiger partial charge in [-0.15, -0.1) is 0 Å². The molecule has 0 spiro atoms. The van der Waals surface area contributed by atoms with Crippen LogP contribution in [0.3, 0.4) is 0 Å². The van der Waals surface area contributed by atoms with Gasteiger partial charge < -0.3 is 16.0 Å². The average Bonchev–Trinajstić information content (AvgIpc) is 2.50. The number of nitrogens with two attached hydrogens (primary N) is 1. The number of nitrogens with zero attached hydrogens (tertiary/aromatic N) is 2. The highest BCUT2D eigenvalue weighted by atomic mass is 19.1. The van der Waals surface area contributed by atoms with Crippen molar-refractivity contribution in [3.05, 3.63) is 65.7 Å². The molecule has 122 valence electrons. The van der Waals surface area contributed by atoms with Crippen LogP contribution < -0.4 is 11.1 Å². The van der Waals surface area contributed by atoms with Crippen molar-refractivity contribution in [3.8, 4) is 0 Å². The highest BCUT2D eigenvalue weighted by molar-refractivity contribution is 5.92. The lowest BCUT2D eigenvalue weighted by Crippen LogP contribution is -2.28. The quantitative estimate of drug-likeness (QED) is 0.658. The van der Waals surface area contributed by atoms with E-state index in [2.05, 4.69) is 10.3 Å². The fourth-order valence-corrected chi connectivity index (χ4v) is 2.24. The van der Waals surface area contributed by atoms with Gasteiger partial charge in [-0.3, -0.25) is 4.99 Å². The molecule has 0 saturated carbocycles. The second-order valence-corrected chi connectivity index (χ2v) is 5.33. The Kier molecular flexibility index (Phi) is 5.65. The Bertz CT molecular complexity index is 651. The summed E-state index contributed by atoms with van der Waals surface area (Å²) in [4.78, 5) is 5.92. The normalized spacial score (nSPS) is 13.2. The minimum atomic E-state index is -0.589. The number of guanidine groups is 1. The molecule has 0 aliphatic heterocycles. The molecule has 2 aromatic carbocycles. The molecule has 0 aliphatic rings. The summed E-state index contributed by atoms with van der Waals surface area (Å²) in [7, 11) is 3.49. The van der Waals surface area contributed by atoms with Gasteiger partial charge in [0.25, 0.3) is 0 Å². The van der Waals surface area contributed by atoms with Crippen LogP contribution in [-0.2, 0) is 0 Å². The number of hydrogen-bond donors (Lipinski definition) is 2. The number of aliphatic imine (C=N–C) groups is 1. The minimum Gasteiger partial charge on any atom is -0.370 e. The van der Waals surface area contributed by atoms with E-state index in [0.717, 1.165) is 5.69 Å². The van der Waals surface area contributed by atoms with Crippen LogP contribution in [0.15, 0.2) is 53.5 Å². The zero-order valence-electron chi connectivity index (χ0n) is 13.1. The van der Waals surface area contributed by atoms with Crippen LogP contribution in [0, 0.1) is 11.6 Å². The number of anilines is 1. The Morgan fingerprint density at radius 1 is 1.09 bits per heavy atom. The summed E-state index contributed by atoms with van der Waals surface area (Å²) >= 11 is 0. The molecule has 0 saturated heterocycles. The van der Waals surface area contributed by atoms with E-state index in [-0.39, 0.29) is 18.1 Å². The summed E-state index contributed by atoms with van der Waals surface area (Å²) < 4.78 is 27.9. The predicted molar refractivity (Wildman–Crippen MR) is 89.3 cm³/mol. The molecule has 0 radical (unpaired) electrons. The second-order valence-electron chi connectivity index (χ2n) is 5.33. The number of benzene rings is 2. The van der Waals surface area contributed by atoms with E-state index in [1.807, 2.05) is 30.3 Å². The third kappa shape index (κ3) is 4.50. The summed E-state index contributed by atoms with van der Waals surface area (Å²) in [6.45, 7) is 0.135. The molecule has 0 bridgehead atoms. The molecule has 2 rings (SSSR count). The van der Waals surface area contributed by atoms with Crippen molar-refractivity contribution in [1.82, 2.24) is 4.90 Å². The third-order valence-corrected chi connectivity index (χ3v) is 3.44. The van der Waals surface area contributed by atoms with E-state index in [1.165, 1.54) is 18.2 Å². The van der Waals surface area contributed by atoms with E-state index >= 15 is 0 Å². The maximum Gasteiger partial charge on any atom is 0.193 e. The molecule has 0 heterocycles. The van der Waals surface area contributed by atoms with Crippen molar-refractivity contribution in [1.29, 1.82) is 0 Å². The van der Waals surface area contributed by atoms with E-state index < -0.39 is 17.7 Å². The van der Waals surface area contributed by atoms with Gasteiger partial charge in [-0.25, -0.2) is 8.78 Å². The Balaban J connectivity index is 2.15. The van der Waals surface area contributed by atoms with Crippen molar-refractivity contribution in [2.45, 2.75) is 6.04 Å². The van der Waals surface area contributed by atoms with E-state index in [0.29, 0.717) is 0 Å². The second kappa shape index (κ2) is 7.69. The van der Waals surface area contributed by atoms with Crippen molar-refractivity contribution in [2.75, 3.05) is 26.0 Å². The smallest absolute Gasteiger partial charge is 0.193 e. The van der Waals surface area contributed by atoms with Gasteiger partial charge in [-0.1, -0.05) is 24.3 Å². The zero-order chi connectivity index (χ0) is 16.8. The average molecular weight is 318 g/mol. The Hall–Kier alpha value is -2.47. The van der Waals surface area contributed by atoms with Gasteiger partial charge in [0.1, 0.15) is 11.6 Å². The van der Waals surface area contributed by atoms with Gasteiger partial charge in [-0.2, -0.15) is 0 Å². The van der Waals surface area contributed by atoms with Crippen molar-refractivity contribution < 1.29 is 8.78 Å². The molecule has 0 fully saturated rings. The molecular weight excluding hydrogens is 298 g/mol. The largest absolute Gasteiger partial charge is 0.370 e. The van der Waals surface area contributed by atoms with Gasteiger partial charge in [0.05, 0.1) is 12.6 Å². The Labute approximate surface area is 134 Å². The summed E-state index contributed by atoms with van der Waals surface area (Å²) in [5.74, 6) is -0.984. The van der Waals surface area contributed by atoms with Crippen LogP contribution in [0.2, 0.25) is 0 Å². The molecule has 23 heavy (non-hydrogen) atoms. The van der Waals surface area contributed by atoms with Gasteiger partial charge in [-0.05, 0) is 38.4 Å². The monoisotopic (exact) mass is 318 g/mol. The van der Waals surface area contributed by atoms with E-state index in [9.17, 15) is 8.78 Å². The molecule has 6 heteroatoms. The molecular formula is C17H20F2N4. The first-order valence-electron chi connectivity index (χ1n) is 7.21. The lowest BCUT2D eigenvalue weighted by Gasteiger charge is -2.24. The molecule has 1 unspecified atom stereocenters.